The molecule has 0 atom stereocenters. The Balaban J connectivity index is 1.74. The van der Waals surface area contributed by atoms with Crippen molar-refractivity contribution in [3.63, 3.8) is 0 Å². The highest BCUT2D eigenvalue weighted by Crippen LogP contribution is 2.21. The average molecular weight is 335 g/mol. The van der Waals surface area contributed by atoms with Crippen LogP contribution in [0.3, 0.4) is 0 Å². The van der Waals surface area contributed by atoms with Gasteiger partial charge in [-0.25, -0.2) is 0 Å². The lowest BCUT2D eigenvalue weighted by Crippen LogP contribution is -2.21. The van der Waals surface area contributed by atoms with Gasteiger partial charge in [-0.05, 0) is 32.3 Å². The second-order valence-corrected chi connectivity index (χ2v) is 6.03. The monoisotopic (exact) mass is 335 g/mol. The zero-order valence-electron chi connectivity index (χ0n) is 14.4. The maximum absolute atomic E-state index is 12.6. The number of nitrogens with zero attached hydrogens (tertiary/aromatic N) is 3. The molecule has 25 heavy (non-hydrogen) atoms. The number of para-hydroxylation sites is 1. The first-order valence-electron chi connectivity index (χ1n) is 8.12. The topological polar surface area (TPSA) is 70.2 Å². The van der Waals surface area contributed by atoms with Crippen molar-refractivity contribution < 1.29 is 4.79 Å². The van der Waals surface area contributed by atoms with Crippen LogP contribution in [0.5, 0.6) is 0 Å². The lowest BCUT2D eigenvalue weighted by molar-refractivity contribution is 0.102. The molecule has 0 spiro atoms. The van der Waals surface area contributed by atoms with Crippen LogP contribution in [0.4, 0.5) is 11.4 Å². The van der Waals surface area contributed by atoms with Crippen molar-refractivity contribution in [1.29, 1.82) is 0 Å². The first kappa shape index (κ1) is 16.9. The molecule has 128 valence electrons. The summed E-state index contributed by atoms with van der Waals surface area (Å²) in [4.78, 5) is 23.2. The fraction of sp³-hybridized carbons (Fsp3) is 0.211. The summed E-state index contributed by atoms with van der Waals surface area (Å²) in [6.07, 6.45) is 4.99. The number of rotatable bonds is 6. The van der Waals surface area contributed by atoms with Crippen LogP contribution in [-0.2, 0) is 0 Å². The predicted molar refractivity (Wildman–Crippen MR) is 101 cm³/mol. The molecule has 3 aromatic rings. The minimum atomic E-state index is -0.207. The highest BCUT2D eigenvalue weighted by molar-refractivity contribution is 6.08. The van der Waals surface area contributed by atoms with Gasteiger partial charge in [0.15, 0.2) is 0 Å². The SMILES string of the molecule is CN(C)CCNc1cncc(C(=O)Nc2cccc3cccnc23)c1. The maximum Gasteiger partial charge on any atom is 0.257 e. The van der Waals surface area contributed by atoms with E-state index in [1.807, 2.05) is 44.4 Å². The zero-order valence-corrected chi connectivity index (χ0v) is 14.4. The van der Waals surface area contributed by atoms with E-state index in [9.17, 15) is 4.79 Å². The number of benzene rings is 1. The maximum atomic E-state index is 12.6. The van der Waals surface area contributed by atoms with Crippen LogP contribution in [0.2, 0.25) is 0 Å². The van der Waals surface area contributed by atoms with E-state index < -0.39 is 0 Å². The molecular formula is C19H21N5O. The van der Waals surface area contributed by atoms with Crippen LogP contribution in [0.1, 0.15) is 10.4 Å². The molecule has 2 N–H and O–H groups in total. The Hall–Kier alpha value is -2.99. The standard InChI is InChI=1S/C19H21N5O/c1-24(2)10-9-21-16-11-15(12-20-13-16)19(25)23-17-7-3-5-14-6-4-8-22-18(14)17/h3-8,11-13,21H,9-10H2,1-2H3,(H,23,25). The van der Waals surface area contributed by atoms with Gasteiger partial charge >= 0.3 is 0 Å². The van der Waals surface area contributed by atoms with Crippen molar-refractivity contribution in [3.05, 3.63) is 60.6 Å². The Labute approximate surface area is 146 Å². The molecule has 0 saturated heterocycles. The van der Waals surface area contributed by atoms with E-state index in [1.165, 1.54) is 0 Å². The lowest BCUT2D eigenvalue weighted by Gasteiger charge is -2.12. The smallest absolute Gasteiger partial charge is 0.257 e. The molecule has 1 aromatic carbocycles. The quantitative estimate of drug-likeness (QED) is 0.725. The minimum Gasteiger partial charge on any atom is -0.382 e. The number of anilines is 2. The van der Waals surface area contributed by atoms with Gasteiger partial charge in [-0.15, -0.1) is 0 Å². The lowest BCUT2D eigenvalue weighted by atomic mass is 10.2. The third-order valence-electron chi connectivity index (χ3n) is 3.77. The summed E-state index contributed by atoms with van der Waals surface area (Å²) in [5.74, 6) is -0.207. The second-order valence-electron chi connectivity index (χ2n) is 6.03. The van der Waals surface area contributed by atoms with Crippen molar-refractivity contribution in [2.75, 3.05) is 37.8 Å². The fourth-order valence-corrected chi connectivity index (χ4v) is 2.48. The second kappa shape index (κ2) is 7.72. The Bertz CT molecular complexity index is 873. The van der Waals surface area contributed by atoms with Crippen LogP contribution in [0.15, 0.2) is 55.0 Å². The molecule has 0 aliphatic carbocycles. The molecule has 6 heteroatoms. The summed E-state index contributed by atoms with van der Waals surface area (Å²) in [7, 11) is 4.03. The summed E-state index contributed by atoms with van der Waals surface area (Å²) in [6, 6.07) is 11.4. The van der Waals surface area contributed by atoms with Gasteiger partial charge in [0, 0.05) is 37.1 Å². The Morgan fingerprint density at radius 1 is 1.16 bits per heavy atom. The van der Waals surface area contributed by atoms with Gasteiger partial charge in [0.25, 0.3) is 5.91 Å². The van der Waals surface area contributed by atoms with E-state index >= 15 is 0 Å². The molecule has 1 amide bonds. The molecule has 2 aromatic heterocycles. The number of carbonyl (C=O) groups excluding carboxylic acids is 1. The highest BCUT2D eigenvalue weighted by Gasteiger charge is 2.10. The number of aromatic nitrogens is 2. The first-order valence-corrected chi connectivity index (χ1v) is 8.12. The Kier molecular flexibility index (Phi) is 5.20. The van der Waals surface area contributed by atoms with Crippen molar-refractivity contribution in [1.82, 2.24) is 14.9 Å². The number of carbonyl (C=O) groups is 1. The van der Waals surface area contributed by atoms with E-state index in [0.717, 1.165) is 29.7 Å². The molecule has 0 bridgehead atoms. The number of hydrogen-bond donors (Lipinski definition) is 2. The molecule has 0 radical (unpaired) electrons. The van der Waals surface area contributed by atoms with Gasteiger partial charge < -0.3 is 15.5 Å². The summed E-state index contributed by atoms with van der Waals surface area (Å²) in [6.45, 7) is 1.69. The molecule has 0 aliphatic rings. The van der Waals surface area contributed by atoms with Crippen molar-refractivity contribution in [2.24, 2.45) is 0 Å². The molecule has 0 unspecified atom stereocenters. The van der Waals surface area contributed by atoms with E-state index in [0.29, 0.717) is 11.3 Å². The molecule has 3 rings (SSSR count). The third-order valence-corrected chi connectivity index (χ3v) is 3.77. The molecule has 0 saturated carbocycles. The van der Waals surface area contributed by atoms with Gasteiger partial charge in [-0.2, -0.15) is 0 Å². The normalized spacial score (nSPS) is 10.8. The summed E-state index contributed by atoms with van der Waals surface area (Å²) < 4.78 is 0. The summed E-state index contributed by atoms with van der Waals surface area (Å²) in [5, 5.41) is 7.18. The number of pyridine rings is 2. The number of likely N-dealkylation sites (N-methyl/N-ethyl adjacent to an activating group) is 1. The number of hydrogen-bond acceptors (Lipinski definition) is 5. The summed E-state index contributed by atoms with van der Waals surface area (Å²) in [5.41, 5.74) is 2.79. The van der Waals surface area contributed by atoms with Gasteiger partial charge in [0.1, 0.15) is 0 Å². The number of fused-ring (bicyclic) bond motifs is 1. The Morgan fingerprint density at radius 3 is 2.84 bits per heavy atom. The number of nitrogens with one attached hydrogen (secondary N) is 2. The number of amides is 1. The van der Waals surface area contributed by atoms with E-state index in [2.05, 4.69) is 25.5 Å². The fourth-order valence-electron chi connectivity index (χ4n) is 2.48. The van der Waals surface area contributed by atoms with Crippen molar-refractivity contribution in [2.45, 2.75) is 0 Å². The highest BCUT2D eigenvalue weighted by atomic mass is 16.1. The van der Waals surface area contributed by atoms with Gasteiger partial charge in [0.2, 0.25) is 0 Å². The average Bonchev–Trinajstić information content (AvgIpc) is 2.62. The first-order chi connectivity index (χ1) is 12.1. The largest absolute Gasteiger partial charge is 0.382 e. The minimum absolute atomic E-state index is 0.207. The predicted octanol–water partition coefficient (Wildman–Crippen LogP) is 2.86. The zero-order chi connectivity index (χ0) is 17.6. The Morgan fingerprint density at radius 2 is 2.00 bits per heavy atom. The molecule has 2 heterocycles. The van der Waals surface area contributed by atoms with Crippen molar-refractivity contribution in [3.8, 4) is 0 Å². The molecule has 0 fully saturated rings. The van der Waals surface area contributed by atoms with E-state index in [1.54, 1.807) is 24.7 Å². The molecular weight excluding hydrogens is 314 g/mol. The van der Waals surface area contributed by atoms with Crippen LogP contribution < -0.4 is 10.6 Å². The van der Waals surface area contributed by atoms with Crippen LogP contribution >= 0.6 is 0 Å². The van der Waals surface area contributed by atoms with Crippen LogP contribution in [-0.4, -0.2) is 48.0 Å². The third kappa shape index (κ3) is 4.30. The van der Waals surface area contributed by atoms with Gasteiger partial charge in [-0.3, -0.25) is 14.8 Å². The molecule has 6 nitrogen and oxygen atoms in total. The van der Waals surface area contributed by atoms with Crippen molar-refractivity contribution >= 4 is 28.2 Å². The van der Waals surface area contributed by atoms with Crippen LogP contribution in [0, 0.1) is 0 Å². The summed E-state index contributed by atoms with van der Waals surface area (Å²) >= 11 is 0. The van der Waals surface area contributed by atoms with E-state index in [-0.39, 0.29) is 5.91 Å². The van der Waals surface area contributed by atoms with Crippen LogP contribution in [0.25, 0.3) is 10.9 Å². The molecule has 0 aliphatic heterocycles. The van der Waals surface area contributed by atoms with E-state index in [4.69, 9.17) is 0 Å². The van der Waals surface area contributed by atoms with Gasteiger partial charge in [0.05, 0.1) is 22.5 Å². The van der Waals surface area contributed by atoms with Gasteiger partial charge in [-0.1, -0.05) is 18.2 Å².